The summed E-state index contributed by atoms with van der Waals surface area (Å²) < 4.78 is 10.7. The summed E-state index contributed by atoms with van der Waals surface area (Å²) in [5, 5.41) is 9.04. The maximum Gasteiger partial charge on any atom is 0.310 e. The number of nitrogens with zero attached hydrogens (tertiary/aromatic N) is 1. The van der Waals surface area contributed by atoms with Gasteiger partial charge in [-0.05, 0) is 13.0 Å². The van der Waals surface area contributed by atoms with Gasteiger partial charge in [-0.25, -0.2) is 0 Å². The zero-order chi connectivity index (χ0) is 12.8. The third-order valence-electron chi connectivity index (χ3n) is 2.97. The number of rotatable bonds is 7. The van der Waals surface area contributed by atoms with Crippen molar-refractivity contribution in [1.29, 1.82) is 0 Å². The lowest BCUT2D eigenvalue weighted by atomic mass is 10.0. The van der Waals surface area contributed by atoms with Crippen molar-refractivity contribution in [3.63, 3.8) is 0 Å². The van der Waals surface area contributed by atoms with Crippen LogP contribution in [0.25, 0.3) is 0 Å². The summed E-state index contributed by atoms with van der Waals surface area (Å²) in [5.41, 5.74) is 0. The molecule has 0 saturated carbocycles. The van der Waals surface area contributed by atoms with Crippen molar-refractivity contribution in [3.8, 4) is 0 Å². The third-order valence-corrected chi connectivity index (χ3v) is 2.97. The fraction of sp³-hybridized carbons (Fsp3) is 0.917. The quantitative estimate of drug-likeness (QED) is 0.669. The summed E-state index contributed by atoms with van der Waals surface area (Å²) >= 11 is 0. The van der Waals surface area contributed by atoms with Crippen molar-refractivity contribution in [3.05, 3.63) is 0 Å². The van der Waals surface area contributed by atoms with E-state index in [1.165, 1.54) is 0 Å². The number of carboxylic acid groups (broad SMARTS) is 1. The van der Waals surface area contributed by atoms with Gasteiger partial charge in [0, 0.05) is 19.2 Å². The van der Waals surface area contributed by atoms with E-state index in [0.29, 0.717) is 25.7 Å². The van der Waals surface area contributed by atoms with Crippen molar-refractivity contribution >= 4 is 5.97 Å². The minimum Gasteiger partial charge on any atom is -0.481 e. The van der Waals surface area contributed by atoms with Crippen LogP contribution in [0.3, 0.4) is 0 Å². The highest BCUT2D eigenvalue weighted by Gasteiger charge is 2.36. The standard InChI is InChI=1S/C12H23NO4/c1-9(2)6-16-5-4-13(3)11-8-17-7-10(11)12(14)15/h9-11H,4-8H2,1-3H3,(H,14,15). The summed E-state index contributed by atoms with van der Waals surface area (Å²) in [4.78, 5) is 13.0. The molecule has 1 rings (SSSR count). The molecule has 0 aromatic heterocycles. The Balaban J connectivity index is 2.26. The molecule has 0 bridgehead atoms. The van der Waals surface area contributed by atoms with Gasteiger partial charge in [-0.3, -0.25) is 9.69 Å². The Morgan fingerprint density at radius 1 is 1.53 bits per heavy atom. The van der Waals surface area contributed by atoms with Gasteiger partial charge in [-0.1, -0.05) is 13.8 Å². The van der Waals surface area contributed by atoms with E-state index >= 15 is 0 Å². The van der Waals surface area contributed by atoms with Crippen LogP contribution in [-0.2, 0) is 14.3 Å². The van der Waals surface area contributed by atoms with E-state index in [9.17, 15) is 4.79 Å². The Labute approximate surface area is 103 Å². The van der Waals surface area contributed by atoms with Crippen molar-refractivity contribution < 1.29 is 19.4 Å². The molecular formula is C12H23NO4. The lowest BCUT2D eigenvalue weighted by molar-refractivity contribution is -0.143. The van der Waals surface area contributed by atoms with Gasteiger partial charge in [-0.2, -0.15) is 0 Å². The molecule has 1 saturated heterocycles. The highest BCUT2D eigenvalue weighted by Crippen LogP contribution is 2.18. The molecule has 0 radical (unpaired) electrons. The average molecular weight is 245 g/mol. The second kappa shape index (κ2) is 6.93. The fourth-order valence-corrected chi connectivity index (χ4v) is 1.91. The zero-order valence-electron chi connectivity index (χ0n) is 10.9. The molecule has 1 aliphatic heterocycles. The van der Waals surface area contributed by atoms with E-state index in [1.807, 2.05) is 11.9 Å². The van der Waals surface area contributed by atoms with E-state index in [2.05, 4.69) is 13.8 Å². The summed E-state index contributed by atoms with van der Waals surface area (Å²) in [7, 11) is 1.92. The van der Waals surface area contributed by atoms with Crippen LogP contribution in [0, 0.1) is 11.8 Å². The molecule has 1 aliphatic rings. The zero-order valence-corrected chi connectivity index (χ0v) is 10.9. The first kappa shape index (κ1) is 14.4. The summed E-state index contributed by atoms with van der Waals surface area (Å²) in [6.07, 6.45) is 0. The molecule has 2 atom stereocenters. The number of hydrogen-bond acceptors (Lipinski definition) is 4. The molecule has 0 aromatic carbocycles. The normalized spacial score (nSPS) is 24.8. The van der Waals surface area contributed by atoms with Crippen LogP contribution in [-0.4, -0.2) is 62.0 Å². The summed E-state index contributed by atoms with van der Waals surface area (Å²) in [6.45, 7) is 7.15. The number of hydrogen-bond donors (Lipinski definition) is 1. The summed E-state index contributed by atoms with van der Waals surface area (Å²) in [5.74, 6) is -0.658. The second-order valence-electron chi connectivity index (χ2n) is 5.00. The highest BCUT2D eigenvalue weighted by atomic mass is 16.5. The van der Waals surface area contributed by atoms with Gasteiger partial charge < -0.3 is 14.6 Å². The van der Waals surface area contributed by atoms with Crippen molar-refractivity contribution in [2.75, 3.05) is 40.0 Å². The van der Waals surface area contributed by atoms with Crippen LogP contribution in [0.2, 0.25) is 0 Å². The van der Waals surface area contributed by atoms with E-state index in [1.54, 1.807) is 0 Å². The molecule has 100 valence electrons. The van der Waals surface area contributed by atoms with Gasteiger partial charge in [0.15, 0.2) is 0 Å². The van der Waals surface area contributed by atoms with Crippen molar-refractivity contribution in [2.45, 2.75) is 19.9 Å². The Morgan fingerprint density at radius 2 is 2.24 bits per heavy atom. The Bertz CT molecular complexity index is 245. The van der Waals surface area contributed by atoms with Crippen LogP contribution in [0.1, 0.15) is 13.8 Å². The van der Waals surface area contributed by atoms with E-state index in [4.69, 9.17) is 14.6 Å². The minimum atomic E-state index is -0.776. The molecule has 0 amide bonds. The van der Waals surface area contributed by atoms with Crippen LogP contribution >= 0.6 is 0 Å². The molecule has 5 heteroatoms. The molecule has 0 aliphatic carbocycles. The lowest BCUT2D eigenvalue weighted by Gasteiger charge is -2.26. The number of ether oxygens (including phenoxy) is 2. The van der Waals surface area contributed by atoms with E-state index < -0.39 is 11.9 Å². The van der Waals surface area contributed by atoms with Gasteiger partial charge >= 0.3 is 5.97 Å². The van der Waals surface area contributed by atoms with Gasteiger partial charge in [0.25, 0.3) is 0 Å². The Kier molecular flexibility index (Phi) is 5.88. The smallest absolute Gasteiger partial charge is 0.310 e. The molecule has 17 heavy (non-hydrogen) atoms. The van der Waals surface area contributed by atoms with Gasteiger partial charge in [0.05, 0.1) is 25.7 Å². The molecular weight excluding hydrogens is 222 g/mol. The minimum absolute atomic E-state index is 0.0323. The number of carbonyl (C=O) groups is 1. The van der Waals surface area contributed by atoms with Crippen LogP contribution in [0.15, 0.2) is 0 Å². The van der Waals surface area contributed by atoms with Gasteiger partial charge in [0.1, 0.15) is 0 Å². The molecule has 5 nitrogen and oxygen atoms in total. The van der Waals surface area contributed by atoms with E-state index in [0.717, 1.165) is 13.2 Å². The maximum absolute atomic E-state index is 11.0. The van der Waals surface area contributed by atoms with E-state index in [-0.39, 0.29) is 6.04 Å². The Hall–Kier alpha value is -0.650. The molecule has 0 aromatic rings. The predicted molar refractivity (Wildman–Crippen MR) is 64.0 cm³/mol. The monoisotopic (exact) mass is 245 g/mol. The maximum atomic E-state index is 11.0. The van der Waals surface area contributed by atoms with Gasteiger partial charge in [0.2, 0.25) is 0 Å². The SMILES string of the molecule is CC(C)COCCN(C)C1COCC1C(=O)O. The van der Waals surface area contributed by atoms with Crippen LogP contribution in [0.4, 0.5) is 0 Å². The lowest BCUT2D eigenvalue weighted by Crippen LogP contribution is -2.42. The topological polar surface area (TPSA) is 59.0 Å². The molecule has 0 spiro atoms. The first-order valence-electron chi connectivity index (χ1n) is 6.11. The number of likely N-dealkylation sites (N-methyl/N-ethyl adjacent to an activating group) is 1. The largest absolute Gasteiger partial charge is 0.481 e. The van der Waals surface area contributed by atoms with Crippen molar-refractivity contribution in [2.24, 2.45) is 11.8 Å². The highest BCUT2D eigenvalue weighted by molar-refractivity contribution is 5.71. The van der Waals surface area contributed by atoms with Crippen LogP contribution < -0.4 is 0 Å². The first-order valence-corrected chi connectivity index (χ1v) is 6.11. The van der Waals surface area contributed by atoms with Crippen molar-refractivity contribution in [1.82, 2.24) is 4.90 Å². The molecule has 1 fully saturated rings. The molecule has 1 heterocycles. The average Bonchev–Trinajstić information content (AvgIpc) is 2.72. The first-order chi connectivity index (χ1) is 8.02. The molecule has 2 unspecified atom stereocenters. The fourth-order valence-electron chi connectivity index (χ4n) is 1.91. The predicted octanol–water partition coefficient (Wildman–Crippen LogP) is 0.690. The summed E-state index contributed by atoms with van der Waals surface area (Å²) in [6, 6.07) is -0.0323. The number of aliphatic carboxylic acids is 1. The van der Waals surface area contributed by atoms with Gasteiger partial charge in [-0.15, -0.1) is 0 Å². The Morgan fingerprint density at radius 3 is 2.82 bits per heavy atom. The van der Waals surface area contributed by atoms with Crippen LogP contribution in [0.5, 0.6) is 0 Å². The second-order valence-corrected chi connectivity index (χ2v) is 5.00. The molecule has 1 N–H and O–H groups in total. The number of carboxylic acids is 1. The third kappa shape index (κ3) is 4.61.